The van der Waals surface area contributed by atoms with Crippen molar-refractivity contribution >= 4 is 7.05 Å². The summed E-state index contributed by atoms with van der Waals surface area (Å²) in [6.45, 7) is 19.8. The van der Waals surface area contributed by atoms with Gasteiger partial charge in [0.2, 0.25) is 0 Å². The molecule has 0 saturated heterocycles. The smallest absolute Gasteiger partial charge is 0.0425 e. The second kappa shape index (κ2) is 14.1. The zero-order valence-electron chi connectivity index (χ0n) is 16.9. The first-order chi connectivity index (χ1) is 10.8. The Morgan fingerprint density at radius 2 is 1.67 bits per heavy atom. The molecule has 1 nitrogen and oxygen atoms in total. The Kier molecular flexibility index (Phi) is 15.4. The molecule has 0 unspecified atom stereocenters. The van der Waals surface area contributed by atoms with Crippen molar-refractivity contribution < 1.29 is 21.7 Å². The number of allylic oxidation sites excluding steroid dienone is 6. The quantitative estimate of drug-likeness (QED) is 0.242. The van der Waals surface area contributed by atoms with E-state index in [0.717, 1.165) is 6.42 Å². The molecular weight excluding hydrogens is 345 g/mol. The topological polar surface area (TPSA) is 12.4 Å². The number of unbranched alkanes of at least 4 members (excludes halogenated alkanes) is 1. The van der Waals surface area contributed by atoms with Crippen LogP contribution in [0.1, 0.15) is 67.7 Å². The zero-order chi connectivity index (χ0) is 17.9. The molecule has 0 saturated carbocycles. The van der Waals surface area contributed by atoms with Crippen LogP contribution in [0.3, 0.4) is 0 Å². The maximum absolute atomic E-state index is 5.22. The van der Waals surface area contributed by atoms with Crippen molar-refractivity contribution in [2.45, 2.75) is 84.7 Å². The molecule has 0 radical (unpaired) electrons. The molecule has 0 aromatic carbocycles. The largest absolute Gasteiger partial charge is 0.271 e. The van der Waals surface area contributed by atoms with Crippen LogP contribution in [0.15, 0.2) is 53.5 Å². The summed E-state index contributed by atoms with van der Waals surface area (Å²) in [5.41, 5.74) is 3.36. The fourth-order valence-corrected chi connectivity index (χ4v) is 8.09. The van der Waals surface area contributed by atoms with Crippen molar-refractivity contribution in [3.8, 4) is 0 Å². The Labute approximate surface area is 166 Å². The van der Waals surface area contributed by atoms with Gasteiger partial charge in [0, 0.05) is 33.8 Å². The van der Waals surface area contributed by atoms with Gasteiger partial charge < -0.3 is 0 Å². The molecule has 0 N–H and O–H groups in total. The van der Waals surface area contributed by atoms with Gasteiger partial charge in [-0.2, -0.15) is 0 Å². The third kappa shape index (κ3) is 8.33. The van der Waals surface area contributed by atoms with Gasteiger partial charge in [0.05, 0.1) is 0 Å². The van der Waals surface area contributed by atoms with Crippen molar-refractivity contribution in [1.82, 2.24) is 0 Å². The monoisotopic (exact) mass is 383 g/mol. The van der Waals surface area contributed by atoms with Crippen LogP contribution in [0.2, 0.25) is 0 Å². The molecule has 0 heterocycles. The third-order valence-corrected chi connectivity index (χ3v) is 9.83. The molecule has 136 valence electrons. The predicted octanol–water partition coefficient (Wildman–Crippen LogP) is 7.78. The predicted molar refractivity (Wildman–Crippen MR) is 111 cm³/mol. The van der Waals surface area contributed by atoms with Crippen molar-refractivity contribution in [3.63, 3.8) is 0 Å². The van der Waals surface area contributed by atoms with E-state index in [1.165, 1.54) is 18.5 Å². The number of rotatable bonds is 7. The molecule has 1 aliphatic rings. The van der Waals surface area contributed by atoms with Crippen LogP contribution < -0.4 is 0 Å². The van der Waals surface area contributed by atoms with Crippen LogP contribution in [0.25, 0.3) is 0 Å². The normalized spacial score (nSPS) is 13.8. The second-order valence-electron chi connectivity index (χ2n) is 6.92. The molecule has 0 aliphatic heterocycles. The van der Waals surface area contributed by atoms with E-state index in [4.69, 9.17) is 4.74 Å². The second-order valence-corrected chi connectivity index (χ2v) is 11.8. The Balaban J connectivity index is 0. The standard InChI is InChI=1S/C14H26NP.C7H12.Ti/c1-11(2)16(12(3)4,13(5)6)15-14-9-7-8-10-14;1-3-5-7-6-4-2;/h7-9,11-13H,10H2,1-6H3;3,5,7H,1,4,6H2,2H3;. The van der Waals surface area contributed by atoms with E-state index in [-0.39, 0.29) is 21.7 Å². The van der Waals surface area contributed by atoms with Crippen molar-refractivity contribution in [3.05, 3.63) is 48.7 Å². The van der Waals surface area contributed by atoms with E-state index in [9.17, 15) is 0 Å². The molecule has 0 fully saturated rings. The Hall–Kier alpha value is -0.0957. The molecular formula is C21H38NPTi. The van der Waals surface area contributed by atoms with Crippen molar-refractivity contribution in [2.24, 2.45) is 4.74 Å². The van der Waals surface area contributed by atoms with E-state index in [0.29, 0.717) is 17.0 Å². The van der Waals surface area contributed by atoms with Gasteiger partial charge in [-0.1, -0.05) is 91.8 Å². The van der Waals surface area contributed by atoms with E-state index in [1.807, 2.05) is 6.08 Å². The van der Waals surface area contributed by atoms with Gasteiger partial charge >= 0.3 is 0 Å². The maximum atomic E-state index is 5.22. The fourth-order valence-electron chi connectivity index (χ4n) is 3.23. The van der Waals surface area contributed by atoms with E-state index in [1.54, 1.807) is 6.08 Å². The Morgan fingerprint density at radius 1 is 1.12 bits per heavy atom. The van der Waals surface area contributed by atoms with Crippen molar-refractivity contribution in [2.75, 3.05) is 0 Å². The molecule has 0 amide bonds. The minimum Gasteiger partial charge on any atom is -0.271 e. The first-order valence-electron chi connectivity index (χ1n) is 9.07. The van der Waals surface area contributed by atoms with Gasteiger partial charge in [0.15, 0.2) is 0 Å². The summed E-state index contributed by atoms with van der Waals surface area (Å²) in [5, 5.41) is 0. The first kappa shape index (κ1) is 26.1. The van der Waals surface area contributed by atoms with Gasteiger partial charge in [-0.3, -0.25) is 4.74 Å². The van der Waals surface area contributed by atoms with Crippen LogP contribution in [-0.2, 0) is 21.7 Å². The summed E-state index contributed by atoms with van der Waals surface area (Å²) in [6.07, 6.45) is 15.8. The van der Waals surface area contributed by atoms with Gasteiger partial charge in [0.25, 0.3) is 0 Å². The fraction of sp³-hybridized carbons (Fsp3) is 0.619. The molecule has 1 rings (SSSR count). The van der Waals surface area contributed by atoms with E-state index < -0.39 is 7.05 Å². The minimum atomic E-state index is -1.24. The van der Waals surface area contributed by atoms with Crippen LogP contribution in [0.5, 0.6) is 0 Å². The number of nitrogens with zero attached hydrogens (tertiary/aromatic N) is 1. The molecule has 3 heteroatoms. The molecule has 0 atom stereocenters. The van der Waals surface area contributed by atoms with E-state index >= 15 is 0 Å². The zero-order valence-corrected chi connectivity index (χ0v) is 19.4. The Bertz CT molecular complexity index is 454. The number of hydrogen-bond donors (Lipinski definition) is 0. The van der Waals surface area contributed by atoms with Gasteiger partial charge in [0.1, 0.15) is 0 Å². The van der Waals surface area contributed by atoms with Gasteiger partial charge in [-0.05, 0) is 36.5 Å². The summed E-state index contributed by atoms with van der Waals surface area (Å²) >= 11 is 0. The summed E-state index contributed by atoms with van der Waals surface area (Å²) < 4.78 is 5.22. The molecule has 24 heavy (non-hydrogen) atoms. The summed E-state index contributed by atoms with van der Waals surface area (Å²) in [7, 11) is -1.24. The minimum absolute atomic E-state index is 0. The average molecular weight is 383 g/mol. The van der Waals surface area contributed by atoms with Crippen LogP contribution in [0.4, 0.5) is 0 Å². The Morgan fingerprint density at radius 3 is 2.00 bits per heavy atom. The van der Waals surface area contributed by atoms with Crippen molar-refractivity contribution in [1.29, 1.82) is 0 Å². The molecule has 0 aromatic heterocycles. The molecule has 0 aromatic rings. The summed E-state index contributed by atoms with van der Waals surface area (Å²) in [5.74, 6) is 0. The van der Waals surface area contributed by atoms with Crippen LogP contribution in [0, 0.1) is 0 Å². The first-order valence-corrected chi connectivity index (χ1v) is 11.0. The average Bonchev–Trinajstić information content (AvgIpc) is 2.97. The molecule has 0 bridgehead atoms. The molecule has 0 spiro atoms. The SMILES string of the molecule is C=CC=CCCC.CC(C)P(=NC1=CC=CC1)(C(C)C)C(C)C.[Ti]. The summed E-state index contributed by atoms with van der Waals surface area (Å²) in [6, 6.07) is 0. The van der Waals surface area contributed by atoms with Crippen LogP contribution in [-0.4, -0.2) is 17.0 Å². The number of hydrogen-bond acceptors (Lipinski definition) is 1. The van der Waals surface area contributed by atoms with Crippen LogP contribution >= 0.6 is 7.05 Å². The maximum Gasteiger partial charge on any atom is 0.0425 e. The summed E-state index contributed by atoms with van der Waals surface area (Å²) in [4.78, 5) is 0. The van der Waals surface area contributed by atoms with Gasteiger partial charge in [-0.15, -0.1) is 0 Å². The van der Waals surface area contributed by atoms with Gasteiger partial charge in [-0.25, -0.2) is 0 Å². The molecule has 1 aliphatic carbocycles. The third-order valence-electron chi connectivity index (χ3n) is 4.26. The van der Waals surface area contributed by atoms with E-state index in [2.05, 4.69) is 79.3 Å².